The van der Waals surface area contributed by atoms with Gasteiger partial charge in [0.05, 0.1) is 24.5 Å². The van der Waals surface area contributed by atoms with Crippen molar-refractivity contribution in [3.63, 3.8) is 0 Å². The van der Waals surface area contributed by atoms with Crippen LogP contribution in [0, 0.1) is 17.8 Å². The van der Waals surface area contributed by atoms with Gasteiger partial charge in [-0.1, -0.05) is 13.8 Å². The quantitative estimate of drug-likeness (QED) is 0.615. The second-order valence-electron chi connectivity index (χ2n) is 4.85. The zero-order valence-electron chi connectivity index (χ0n) is 8.27. The van der Waals surface area contributed by atoms with E-state index in [9.17, 15) is 9.90 Å². The summed E-state index contributed by atoms with van der Waals surface area (Å²) >= 11 is 0. The highest BCUT2D eigenvalue weighted by Gasteiger charge is 2.81. The van der Waals surface area contributed by atoms with Crippen molar-refractivity contribution in [2.45, 2.75) is 38.3 Å². The highest BCUT2D eigenvalue weighted by molar-refractivity contribution is 5.75. The van der Waals surface area contributed by atoms with Gasteiger partial charge in [0.1, 0.15) is 0 Å². The molecule has 14 heavy (non-hydrogen) atoms. The Balaban J connectivity index is 1.83. The van der Waals surface area contributed by atoms with E-state index in [4.69, 9.17) is 9.47 Å². The summed E-state index contributed by atoms with van der Waals surface area (Å²) in [6, 6.07) is 0. The van der Waals surface area contributed by atoms with Crippen molar-refractivity contribution in [1.82, 2.24) is 0 Å². The molecule has 4 nitrogen and oxygen atoms in total. The van der Waals surface area contributed by atoms with Crippen molar-refractivity contribution in [2.75, 3.05) is 0 Å². The maximum absolute atomic E-state index is 11.0. The van der Waals surface area contributed by atoms with Crippen molar-refractivity contribution in [1.29, 1.82) is 0 Å². The van der Waals surface area contributed by atoms with Crippen molar-refractivity contribution in [2.24, 2.45) is 17.8 Å². The van der Waals surface area contributed by atoms with Gasteiger partial charge in [0, 0.05) is 5.92 Å². The zero-order valence-corrected chi connectivity index (χ0v) is 8.27. The van der Waals surface area contributed by atoms with Gasteiger partial charge in [-0.3, -0.25) is 4.79 Å². The fourth-order valence-electron chi connectivity index (χ4n) is 2.93. The van der Waals surface area contributed by atoms with Crippen LogP contribution in [0.5, 0.6) is 0 Å². The normalized spacial score (nSPS) is 54.4. The minimum absolute atomic E-state index is 0.0348. The number of carbonyl (C=O) groups is 1. The Bertz CT molecular complexity index is 300. The summed E-state index contributed by atoms with van der Waals surface area (Å²) in [5, 5.41) is 9.94. The van der Waals surface area contributed by atoms with E-state index in [1.165, 1.54) is 0 Å². The number of aliphatic hydroxyl groups excluding tert-OH is 1. The fourth-order valence-corrected chi connectivity index (χ4v) is 2.93. The highest BCUT2D eigenvalue weighted by atomic mass is 16.8. The monoisotopic (exact) mass is 198 g/mol. The number of aliphatic hydroxyl groups is 1. The van der Waals surface area contributed by atoms with E-state index >= 15 is 0 Å². The van der Waals surface area contributed by atoms with E-state index in [1.54, 1.807) is 0 Å². The Morgan fingerprint density at radius 1 is 1.57 bits per heavy atom. The summed E-state index contributed by atoms with van der Waals surface area (Å²) in [5.74, 6) is -0.520. The molecule has 0 aromatic rings. The second-order valence-corrected chi connectivity index (χ2v) is 4.85. The third kappa shape index (κ3) is 0.792. The van der Waals surface area contributed by atoms with Crippen LogP contribution in [0.1, 0.15) is 20.3 Å². The van der Waals surface area contributed by atoms with Crippen LogP contribution in [0.2, 0.25) is 0 Å². The molecular weight excluding hydrogens is 184 g/mol. The molecule has 1 saturated carbocycles. The first kappa shape index (κ1) is 8.68. The molecule has 1 spiro atoms. The first-order valence-corrected chi connectivity index (χ1v) is 5.14. The average Bonchev–Trinajstić information content (AvgIpc) is 2.41. The summed E-state index contributed by atoms with van der Waals surface area (Å²) in [6.45, 7) is 4.00. The number of hydrogen-bond donors (Lipinski definition) is 1. The van der Waals surface area contributed by atoms with Gasteiger partial charge in [-0.2, -0.15) is 0 Å². The van der Waals surface area contributed by atoms with Crippen molar-refractivity contribution < 1.29 is 19.4 Å². The van der Waals surface area contributed by atoms with Gasteiger partial charge in [-0.25, -0.2) is 0 Å². The third-order valence-corrected chi connectivity index (χ3v) is 3.65. The van der Waals surface area contributed by atoms with Crippen LogP contribution in [0.15, 0.2) is 0 Å². The summed E-state index contributed by atoms with van der Waals surface area (Å²) in [7, 11) is 0. The molecule has 3 rings (SSSR count). The van der Waals surface area contributed by atoms with Crippen LogP contribution in [0.25, 0.3) is 0 Å². The predicted octanol–water partition coefficient (Wildman–Crippen LogP) is 0.291. The molecule has 0 amide bonds. The van der Waals surface area contributed by atoms with Crippen LogP contribution in [0.4, 0.5) is 0 Å². The standard InChI is InChI=1S/C10H14O4/c1-4(2)9-8(12)7-5-3-6(11)13-10(5,7)14-9/h4-5,7-9,12H,3H2,1-2H3/t5-,7?,8?,9+,10?/m1/s1. The first-order valence-electron chi connectivity index (χ1n) is 5.14. The number of hydrogen-bond acceptors (Lipinski definition) is 4. The van der Waals surface area contributed by atoms with E-state index in [-0.39, 0.29) is 29.8 Å². The van der Waals surface area contributed by atoms with Gasteiger partial charge in [-0.05, 0) is 5.92 Å². The van der Waals surface area contributed by atoms with E-state index in [2.05, 4.69) is 0 Å². The predicted molar refractivity (Wildman–Crippen MR) is 46.1 cm³/mol. The molecule has 4 heteroatoms. The van der Waals surface area contributed by atoms with E-state index in [1.807, 2.05) is 13.8 Å². The maximum Gasteiger partial charge on any atom is 0.308 e. The molecular formula is C10H14O4. The largest absolute Gasteiger partial charge is 0.432 e. The van der Waals surface area contributed by atoms with E-state index in [0.717, 1.165) is 0 Å². The summed E-state index contributed by atoms with van der Waals surface area (Å²) in [5.41, 5.74) is 0. The Morgan fingerprint density at radius 2 is 2.29 bits per heavy atom. The van der Waals surface area contributed by atoms with Crippen molar-refractivity contribution in [3.8, 4) is 0 Å². The smallest absolute Gasteiger partial charge is 0.308 e. The number of ether oxygens (including phenoxy) is 2. The molecule has 2 saturated heterocycles. The van der Waals surface area contributed by atoms with Crippen LogP contribution < -0.4 is 0 Å². The second kappa shape index (κ2) is 2.31. The average molecular weight is 198 g/mol. The Kier molecular flexibility index (Phi) is 1.43. The van der Waals surface area contributed by atoms with E-state index in [0.29, 0.717) is 6.42 Å². The lowest BCUT2D eigenvalue weighted by molar-refractivity contribution is -0.187. The van der Waals surface area contributed by atoms with Gasteiger partial charge >= 0.3 is 5.97 Å². The molecule has 3 fully saturated rings. The lowest BCUT2D eigenvalue weighted by atomic mass is 9.98. The minimum Gasteiger partial charge on any atom is -0.432 e. The molecule has 2 heterocycles. The molecule has 2 aliphatic heterocycles. The topological polar surface area (TPSA) is 55.8 Å². The molecule has 0 aromatic carbocycles. The molecule has 0 radical (unpaired) electrons. The zero-order chi connectivity index (χ0) is 10.1. The molecule has 3 unspecified atom stereocenters. The van der Waals surface area contributed by atoms with E-state index < -0.39 is 11.9 Å². The van der Waals surface area contributed by atoms with Gasteiger partial charge in [-0.15, -0.1) is 0 Å². The number of esters is 1. The highest BCUT2D eigenvalue weighted by Crippen LogP contribution is 2.67. The first-order chi connectivity index (χ1) is 6.56. The third-order valence-electron chi connectivity index (χ3n) is 3.65. The van der Waals surface area contributed by atoms with Gasteiger partial charge < -0.3 is 14.6 Å². The Labute approximate surface area is 82.2 Å². The fraction of sp³-hybridized carbons (Fsp3) is 0.900. The Hall–Kier alpha value is -0.610. The molecule has 0 bridgehead atoms. The maximum atomic E-state index is 11.0. The lowest BCUT2D eigenvalue weighted by Crippen LogP contribution is -2.32. The van der Waals surface area contributed by atoms with Crippen LogP contribution >= 0.6 is 0 Å². The molecule has 0 aromatic heterocycles. The van der Waals surface area contributed by atoms with Crippen molar-refractivity contribution in [3.05, 3.63) is 0 Å². The summed E-state index contributed by atoms with van der Waals surface area (Å²) in [6.07, 6.45) is -0.234. The molecule has 1 N–H and O–H groups in total. The SMILES string of the molecule is CC(C)[C@@H]1OC23OC(=O)C[C@@H]2C3C1O. The van der Waals surface area contributed by atoms with Crippen LogP contribution in [-0.2, 0) is 14.3 Å². The van der Waals surface area contributed by atoms with Gasteiger partial charge in [0.25, 0.3) is 0 Å². The molecule has 78 valence electrons. The van der Waals surface area contributed by atoms with Crippen LogP contribution in [0.3, 0.4) is 0 Å². The van der Waals surface area contributed by atoms with Crippen molar-refractivity contribution >= 4 is 5.97 Å². The van der Waals surface area contributed by atoms with Gasteiger partial charge in [0.2, 0.25) is 5.79 Å². The number of rotatable bonds is 1. The minimum atomic E-state index is -0.731. The molecule has 5 atom stereocenters. The lowest BCUT2D eigenvalue weighted by Gasteiger charge is -2.22. The summed E-state index contributed by atoms with van der Waals surface area (Å²) < 4.78 is 10.9. The molecule has 3 aliphatic rings. The number of fused-ring (bicyclic) bond motifs is 1. The number of carbonyl (C=O) groups excluding carboxylic acids is 1. The summed E-state index contributed by atoms with van der Waals surface area (Å²) in [4.78, 5) is 11.0. The van der Waals surface area contributed by atoms with Gasteiger partial charge in [0.15, 0.2) is 0 Å². The Morgan fingerprint density at radius 3 is 2.93 bits per heavy atom. The van der Waals surface area contributed by atoms with Crippen LogP contribution in [-0.4, -0.2) is 29.1 Å². The molecule has 1 aliphatic carbocycles.